The van der Waals surface area contributed by atoms with Crippen molar-refractivity contribution in [2.24, 2.45) is 33.5 Å². The third-order valence-corrected chi connectivity index (χ3v) is 21.3. The molecule has 0 saturated heterocycles. The standard InChI is InChI=1S/C61H65NO2S2/c1-34-20-42(52(63)43(21-34)60-26-38-22-56(5,30-60)28-57(6,23-38)31-60)54-49(40-14-9-11-18-46(40)65-54)44-16-13-17-45(62-44)50-41-15-10-12-19-47(41)66-55(50)48-36(3)35(2)37(4)51(53(48)64)61-27-39-24-58(7,32-61)29-59(8,25-39)33-61/h9-21,38-39,63-64H,22-33H2,1-8H3/t38?,39?,56-,57+,58-,59+,60?,61?. The van der Waals surface area contributed by atoms with Gasteiger partial charge in [-0.2, -0.15) is 0 Å². The van der Waals surface area contributed by atoms with E-state index in [4.69, 9.17) is 4.98 Å². The van der Waals surface area contributed by atoms with E-state index in [1.54, 1.807) is 22.7 Å². The molecule has 8 aliphatic rings. The molecule has 8 atom stereocenters. The Balaban J connectivity index is 0.991. The third-order valence-electron chi connectivity index (χ3n) is 18.9. The van der Waals surface area contributed by atoms with E-state index in [9.17, 15) is 10.2 Å². The van der Waals surface area contributed by atoms with E-state index in [1.165, 1.54) is 131 Å². The van der Waals surface area contributed by atoms with Gasteiger partial charge in [0, 0.05) is 74.1 Å². The second-order valence-corrected chi connectivity index (χ2v) is 27.1. The number of nitrogens with zero attached hydrogens (tertiary/aromatic N) is 1. The molecule has 15 rings (SSSR count). The van der Waals surface area contributed by atoms with Gasteiger partial charge in [0.2, 0.25) is 0 Å². The van der Waals surface area contributed by atoms with Crippen LogP contribution >= 0.6 is 22.7 Å². The van der Waals surface area contributed by atoms with Crippen LogP contribution in [0, 0.1) is 61.2 Å². The first-order valence-corrected chi connectivity index (χ1v) is 26.7. The number of aromatic nitrogens is 1. The predicted molar refractivity (Wildman–Crippen MR) is 277 cm³/mol. The van der Waals surface area contributed by atoms with Gasteiger partial charge in [0.05, 0.1) is 11.4 Å². The van der Waals surface area contributed by atoms with Crippen LogP contribution in [-0.4, -0.2) is 15.2 Å². The van der Waals surface area contributed by atoms with Crippen LogP contribution in [0.5, 0.6) is 11.5 Å². The van der Waals surface area contributed by atoms with Crippen LogP contribution in [0.2, 0.25) is 0 Å². The first kappa shape index (κ1) is 41.7. The molecule has 8 saturated carbocycles. The normalized spacial score (nSPS) is 32.9. The van der Waals surface area contributed by atoms with Crippen LogP contribution in [0.4, 0.5) is 0 Å². The molecule has 5 heteroatoms. The molecule has 0 radical (unpaired) electrons. The summed E-state index contributed by atoms with van der Waals surface area (Å²) in [6, 6.07) is 28.6. The van der Waals surface area contributed by atoms with E-state index < -0.39 is 0 Å². The highest BCUT2D eigenvalue weighted by atomic mass is 32.1. The lowest BCUT2D eigenvalue weighted by Crippen LogP contribution is -2.57. The average molecular weight is 908 g/mol. The van der Waals surface area contributed by atoms with Gasteiger partial charge in [-0.25, -0.2) is 4.98 Å². The molecule has 0 amide bonds. The van der Waals surface area contributed by atoms with Crippen molar-refractivity contribution < 1.29 is 10.2 Å². The van der Waals surface area contributed by atoms with E-state index >= 15 is 0 Å². The fourth-order valence-electron chi connectivity index (χ4n) is 18.6. The van der Waals surface area contributed by atoms with E-state index in [1.807, 2.05) is 0 Å². The average Bonchev–Trinajstić information content (AvgIpc) is 3.80. The monoisotopic (exact) mass is 907 g/mol. The molecule has 4 aromatic carbocycles. The number of rotatable bonds is 6. The van der Waals surface area contributed by atoms with Crippen molar-refractivity contribution in [3.8, 4) is 54.9 Å². The van der Waals surface area contributed by atoms with Gasteiger partial charge in [-0.1, -0.05) is 76.2 Å². The van der Waals surface area contributed by atoms with Gasteiger partial charge in [-0.3, -0.25) is 0 Å². The lowest BCUT2D eigenvalue weighted by Gasteiger charge is -2.66. The molecule has 7 aromatic rings. The van der Waals surface area contributed by atoms with Crippen LogP contribution in [-0.2, 0) is 10.8 Å². The Morgan fingerprint density at radius 2 is 1.00 bits per heavy atom. The van der Waals surface area contributed by atoms with Crippen molar-refractivity contribution >= 4 is 42.8 Å². The molecule has 2 N–H and O–H groups in total. The van der Waals surface area contributed by atoms with Gasteiger partial charge in [0.25, 0.3) is 0 Å². The summed E-state index contributed by atoms with van der Waals surface area (Å²) < 4.78 is 2.40. The number of phenols is 2. The van der Waals surface area contributed by atoms with Crippen LogP contribution in [0.25, 0.3) is 63.6 Å². The molecule has 3 nitrogen and oxygen atoms in total. The Morgan fingerprint density at radius 3 is 1.56 bits per heavy atom. The van der Waals surface area contributed by atoms with Crippen molar-refractivity contribution in [1.29, 1.82) is 0 Å². The maximum absolute atomic E-state index is 13.2. The lowest BCUT2D eigenvalue weighted by molar-refractivity contribution is -0.110. The van der Waals surface area contributed by atoms with E-state index in [0.29, 0.717) is 33.2 Å². The second-order valence-electron chi connectivity index (χ2n) is 25.0. The Kier molecular flexibility index (Phi) is 8.61. The number of thiophene rings is 2. The first-order chi connectivity index (χ1) is 31.4. The number of benzene rings is 4. The second kappa shape index (κ2) is 13.6. The summed E-state index contributed by atoms with van der Waals surface area (Å²) in [6.07, 6.45) is 15.0. The summed E-state index contributed by atoms with van der Waals surface area (Å²) >= 11 is 3.59. The summed E-state index contributed by atoms with van der Waals surface area (Å²) in [5, 5.41) is 28.4. The van der Waals surface area contributed by atoms with Gasteiger partial charge >= 0.3 is 0 Å². The van der Waals surface area contributed by atoms with Crippen molar-refractivity contribution in [3.63, 3.8) is 0 Å². The molecular formula is C61H65NO2S2. The number of fused-ring (bicyclic) bond motifs is 2. The molecule has 0 aliphatic heterocycles. The Morgan fingerprint density at radius 1 is 0.500 bits per heavy atom. The zero-order valence-corrected chi connectivity index (χ0v) is 41.9. The predicted octanol–water partition coefficient (Wildman–Crippen LogP) is 17.3. The molecule has 338 valence electrons. The van der Waals surface area contributed by atoms with Gasteiger partial charge in [0.15, 0.2) is 0 Å². The fourth-order valence-corrected chi connectivity index (χ4v) is 21.1. The smallest absolute Gasteiger partial charge is 0.128 e. The van der Waals surface area contributed by atoms with Crippen LogP contribution in [0.15, 0.2) is 78.9 Å². The molecular weight excluding hydrogens is 843 g/mol. The Bertz CT molecular complexity index is 3200. The molecule has 3 heterocycles. The first-order valence-electron chi connectivity index (χ1n) is 25.1. The summed E-state index contributed by atoms with van der Waals surface area (Å²) in [5.74, 6) is 2.44. The van der Waals surface area contributed by atoms with Crippen LogP contribution in [0.3, 0.4) is 0 Å². The molecule has 8 fully saturated rings. The molecule has 0 spiro atoms. The van der Waals surface area contributed by atoms with Crippen molar-refractivity contribution in [2.45, 2.75) is 143 Å². The Labute approximate surface area is 399 Å². The van der Waals surface area contributed by atoms with Gasteiger partial charge in [0.1, 0.15) is 11.5 Å². The largest absolute Gasteiger partial charge is 0.507 e. The van der Waals surface area contributed by atoms with E-state index in [0.717, 1.165) is 55.2 Å². The maximum atomic E-state index is 13.2. The molecule has 66 heavy (non-hydrogen) atoms. The minimum atomic E-state index is -0.0114. The van der Waals surface area contributed by atoms with Crippen molar-refractivity contribution in [3.05, 3.63) is 112 Å². The number of aryl methyl sites for hydroxylation is 1. The number of aromatic hydroxyl groups is 2. The molecule has 8 bridgehead atoms. The summed E-state index contributed by atoms with van der Waals surface area (Å²) in [4.78, 5) is 7.92. The van der Waals surface area contributed by atoms with Crippen molar-refractivity contribution in [1.82, 2.24) is 4.98 Å². The van der Waals surface area contributed by atoms with Crippen molar-refractivity contribution in [2.75, 3.05) is 0 Å². The highest BCUT2D eigenvalue weighted by Crippen LogP contribution is 2.73. The fraction of sp³-hybridized carbons (Fsp3) is 0.459. The minimum Gasteiger partial charge on any atom is -0.507 e. The zero-order valence-electron chi connectivity index (χ0n) is 40.3. The van der Waals surface area contributed by atoms with E-state index in [2.05, 4.69) is 134 Å². The number of pyridine rings is 1. The summed E-state index contributed by atoms with van der Waals surface area (Å²) in [7, 11) is 0. The van der Waals surface area contributed by atoms with E-state index in [-0.39, 0.29) is 10.8 Å². The highest BCUT2D eigenvalue weighted by molar-refractivity contribution is 7.23. The zero-order chi connectivity index (χ0) is 45.5. The van der Waals surface area contributed by atoms with Crippen LogP contribution < -0.4 is 0 Å². The van der Waals surface area contributed by atoms with Crippen LogP contribution in [0.1, 0.15) is 138 Å². The maximum Gasteiger partial charge on any atom is 0.128 e. The SMILES string of the molecule is Cc1cc(-c2sc3ccccc3c2-c2cccc(-c3c(-c4c(C)c(C)c(C)c(C56CC7C[C@@](C)(C5)C[C@](C)(C7)C6)c4O)sc4ccccc34)n2)c(O)c(C23CC4C[C@@](C)(C2)C[C@](C)(C4)C3)c1. The Hall–Kier alpha value is -4.45. The topological polar surface area (TPSA) is 53.4 Å². The number of hydrogen-bond acceptors (Lipinski definition) is 5. The highest BCUT2D eigenvalue weighted by Gasteiger charge is 2.63. The van der Waals surface area contributed by atoms with Gasteiger partial charge < -0.3 is 10.2 Å². The van der Waals surface area contributed by atoms with Gasteiger partial charge in [-0.05, 0) is 191 Å². The van der Waals surface area contributed by atoms with Gasteiger partial charge in [-0.15, -0.1) is 22.7 Å². The summed E-state index contributed by atoms with van der Waals surface area (Å²) in [5.41, 5.74) is 14.6. The molecule has 8 aliphatic carbocycles. The number of phenolic OH excluding ortho intramolecular Hbond substituents is 2. The number of hydrogen-bond donors (Lipinski definition) is 2. The minimum absolute atomic E-state index is 0.00266. The summed E-state index contributed by atoms with van der Waals surface area (Å²) in [6.45, 7) is 19.2. The quantitative estimate of drug-likeness (QED) is 0.175. The molecule has 3 aromatic heterocycles. The lowest BCUT2D eigenvalue weighted by atomic mass is 9.39. The third kappa shape index (κ3) is 5.93. The molecule has 4 unspecified atom stereocenters.